The van der Waals surface area contributed by atoms with Crippen LogP contribution in [0.5, 0.6) is 5.75 Å². The maximum atomic E-state index is 12.2. The van der Waals surface area contributed by atoms with Crippen LogP contribution in [0.1, 0.15) is 31.7 Å². The lowest BCUT2D eigenvalue weighted by atomic mass is 9.96. The minimum atomic E-state index is 0.0787. The average Bonchev–Trinajstić information content (AvgIpc) is 2.52. The molecule has 1 aliphatic heterocycles. The van der Waals surface area contributed by atoms with E-state index in [1.165, 1.54) is 6.42 Å². The summed E-state index contributed by atoms with van der Waals surface area (Å²) in [6, 6.07) is 7.61. The van der Waals surface area contributed by atoms with Gasteiger partial charge in [0.05, 0.1) is 0 Å². The molecule has 0 saturated carbocycles. The normalized spacial score (nSPS) is 18.9. The molecular formula is C16H24N2O2. The molecule has 1 saturated heterocycles. The van der Waals surface area contributed by atoms with Gasteiger partial charge in [-0.05, 0) is 24.8 Å². The Hall–Kier alpha value is -1.55. The van der Waals surface area contributed by atoms with Gasteiger partial charge in [0, 0.05) is 25.2 Å². The van der Waals surface area contributed by atoms with Crippen LogP contribution >= 0.6 is 0 Å². The van der Waals surface area contributed by atoms with Crippen LogP contribution in [0.15, 0.2) is 24.3 Å². The fourth-order valence-electron chi connectivity index (χ4n) is 2.67. The molecule has 4 heteroatoms. The first-order valence-corrected chi connectivity index (χ1v) is 7.43. The van der Waals surface area contributed by atoms with Gasteiger partial charge in [-0.3, -0.25) is 4.79 Å². The predicted molar refractivity (Wildman–Crippen MR) is 79.4 cm³/mol. The second-order valence-corrected chi connectivity index (χ2v) is 5.36. The molecule has 1 aliphatic rings. The van der Waals surface area contributed by atoms with Crippen LogP contribution in [0.2, 0.25) is 0 Å². The number of nitrogens with zero attached hydrogens (tertiary/aromatic N) is 1. The number of ether oxygens (including phenoxy) is 1. The molecule has 0 spiro atoms. The van der Waals surface area contributed by atoms with Crippen LogP contribution in [0.4, 0.5) is 0 Å². The van der Waals surface area contributed by atoms with E-state index in [1.807, 2.05) is 29.2 Å². The highest BCUT2D eigenvalue weighted by molar-refractivity contribution is 5.77. The number of benzene rings is 1. The number of nitrogens with two attached hydrogens (primary N) is 1. The third kappa shape index (κ3) is 3.73. The number of amides is 1. The first-order chi connectivity index (χ1) is 9.74. The molecule has 2 rings (SSSR count). The number of para-hydroxylation sites is 1. The van der Waals surface area contributed by atoms with E-state index in [9.17, 15) is 4.79 Å². The minimum Gasteiger partial charge on any atom is -0.483 e. The molecule has 1 atom stereocenters. The highest BCUT2D eigenvalue weighted by Gasteiger charge is 2.22. The second-order valence-electron chi connectivity index (χ2n) is 5.36. The third-order valence-electron chi connectivity index (χ3n) is 3.99. The topological polar surface area (TPSA) is 55.6 Å². The highest BCUT2D eigenvalue weighted by atomic mass is 16.5. The molecule has 1 heterocycles. The summed E-state index contributed by atoms with van der Waals surface area (Å²) in [6.45, 7) is 4.44. The second kappa shape index (κ2) is 7.29. The summed E-state index contributed by atoms with van der Waals surface area (Å²) >= 11 is 0. The quantitative estimate of drug-likeness (QED) is 0.896. The molecule has 20 heavy (non-hydrogen) atoms. The van der Waals surface area contributed by atoms with Crippen molar-refractivity contribution in [2.45, 2.75) is 32.7 Å². The van der Waals surface area contributed by atoms with Gasteiger partial charge in [0.25, 0.3) is 5.91 Å². The Bertz CT molecular complexity index is 448. The molecule has 1 unspecified atom stereocenters. The number of likely N-dealkylation sites (tertiary alicyclic amines) is 1. The van der Waals surface area contributed by atoms with Crippen LogP contribution in [0.3, 0.4) is 0 Å². The summed E-state index contributed by atoms with van der Waals surface area (Å²) in [5, 5.41) is 0. The van der Waals surface area contributed by atoms with Crippen molar-refractivity contribution in [2.24, 2.45) is 11.7 Å². The van der Waals surface area contributed by atoms with E-state index >= 15 is 0 Å². The molecule has 1 aromatic rings. The number of piperidine rings is 1. The van der Waals surface area contributed by atoms with Gasteiger partial charge in [-0.25, -0.2) is 0 Å². The first kappa shape index (κ1) is 14.9. The summed E-state index contributed by atoms with van der Waals surface area (Å²) in [4.78, 5) is 14.1. The van der Waals surface area contributed by atoms with E-state index in [-0.39, 0.29) is 12.5 Å². The van der Waals surface area contributed by atoms with Crippen LogP contribution in [0.25, 0.3) is 0 Å². The van der Waals surface area contributed by atoms with Gasteiger partial charge >= 0.3 is 0 Å². The van der Waals surface area contributed by atoms with Crippen molar-refractivity contribution in [1.82, 2.24) is 4.90 Å². The molecule has 0 bridgehead atoms. The van der Waals surface area contributed by atoms with Gasteiger partial charge in [0.1, 0.15) is 5.75 Å². The van der Waals surface area contributed by atoms with Crippen LogP contribution in [-0.2, 0) is 11.3 Å². The van der Waals surface area contributed by atoms with E-state index in [2.05, 4.69) is 6.92 Å². The zero-order chi connectivity index (χ0) is 14.4. The molecular weight excluding hydrogens is 252 g/mol. The number of hydrogen-bond donors (Lipinski definition) is 1. The van der Waals surface area contributed by atoms with Crippen molar-refractivity contribution < 1.29 is 9.53 Å². The Morgan fingerprint density at radius 2 is 2.25 bits per heavy atom. The van der Waals surface area contributed by atoms with Crippen molar-refractivity contribution in [1.29, 1.82) is 0 Å². The lowest BCUT2D eigenvalue weighted by Crippen LogP contribution is -2.42. The largest absolute Gasteiger partial charge is 0.483 e. The Balaban J connectivity index is 1.88. The zero-order valence-electron chi connectivity index (χ0n) is 12.2. The fourth-order valence-corrected chi connectivity index (χ4v) is 2.67. The summed E-state index contributed by atoms with van der Waals surface area (Å²) in [7, 11) is 0. The van der Waals surface area contributed by atoms with Crippen molar-refractivity contribution in [2.75, 3.05) is 19.7 Å². The molecule has 1 fully saturated rings. The van der Waals surface area contributed by atoms with E-state index in [1.54, 1.807) is 0 Å². The van der Waals surface area contributed by atoms with Crippen LogP contribution in [-0.4, -0.2) is 30.5 Å². The number of rotatable bonds is 5. The van der Waals surface area contributed by atoms with Gasteiger partial charge in [0.15, 0.2) is 6.61 Å². The Morgan fingerprint density at radius 3 is 3.00 bits per heavy atom. The monoisotopic (exact) mass is 276 g/mol. The zero-order valence-corrected chi connectivity index (χ0v) is 12.2. The van der Waals surface area contributed by atoms with E-state index < -0.39 is 0 Å². The molecule has 0 aliphatic carbocycles. The molecule has 0 aromatic heterocycles. The third-order valence-corrected chi connectivity index (χ3v) is 3.99. The van der Waals surface area contributed by atoms with Gasteiger partial charge in [0.2, 0.25) is 0 Å². The van der Waals surface area contributed by atoms with E-state index in [0.29, 0.717) is 18.2 Å². The highest BCUT2D eigenvalue weighted by Crippen LogP contribution is 2.20. The number of hydrogen-bond acceptors (Lipinski definition) is 3. The summed E-state index contributed by atoms with van der Waals surface area (Å²) in [5.74, 6) is 1.44. The summed E-state index contributed by atoms with van der Waals surface area (Å²) in [5.41, 5.74) is 6.60. The Kier molecular flexibility index (Phi) is 5.41. The van der Waals surface area contributed by atoms with Crippen LogP contribution in [0, 0.1) is 5.92 Å². The molecule has 110 valence electrons. The SMILES string of the molecule is CCC1CCCN(C(=O)COc2ccccc2CN)C1. The van der Waals surface area contributed by atoms with Gasteiger partial charge < -0.3 is 15.4 Å². The number of carbonyl (C=O) groups excluding carboxylic acids is 1. The van der Waals surface area contributed by atoms with Gasteiger partial charge in [-0.1, -0.05) is 31.5 Å². The first-order valence-electron chi connectivity index (χ1n) is 7.43. The van der Waals surface area contributed by atoms with Crippen LogP contribution < -0.4 is 10.5 Å². The lowest BCUT2D eigenvalue weighted by Gasteiger charge is -2.32. The molecule has 4 nitrogen and oxygen atoms in total. The van der Waals surface area contributed by atoms with Gasteiger partial charge in [-0.15, -0.1) is 0 Å². The van der Waals surface area contributed by atoms with Gasteiger partial charge in [-0.2, -0.15) is 0 Å². The minimum absolute atomic E-state index is 0.0787. The predicted octanol–water partition coefficient (Wildman–Crippen LogP) is 2.17. The van der Waals surface area contributed by atoms with Crippen molar-refractivity contribution in [3.05, 3.63) is 29.8 Å². The smallest absolute Gasteiger partial charge is 0.260 e. The van der Waals surface area contributed by atoms with E-state index in [4.69, 9.17) is 10.5 Å². The molecule has 1 aromatic carbocycles. The molecule has 2 N–H and O–H groups in total. The Labute approximate surface area is 120 Å². The molecule has 0 radical (unpaired) electrons. The number of carbonyl (C=O) groups is 1. The maximum absolute atomic E-state index is 12.2. The fraction of sp³-hybridized carbons (Fsp3) is 0.562. The van der Waals surface area contributed by atoms with Crippen molar-refractivity contribution >= 4 is 5.91 Å². The average molecular weight is 276 g/mol. The standard InChI is InChI=1S/C16H24N2O2/c1-2-13-6-5-9-18(11-13)16(19)12-20-15-8-4-3-7-14(15)10-17/h3-4,7-8,13H,2,5-6,9-12,17H2,1H3. The summed E-state index contributed by atoms with van der Waals surface area (Å²) in [6.07, 6.45) is 3.47. The molecule has 1 amide bonds. The summed E-state index contributed by atoms with van der Waals surface area (Å²) < 4.78 is 5.64. The van der Waals surface area contributed by atoms with Crippen molar-refractivity contribution in [3.8, 4) is 5.75 Å². The lowest BCUT2D eigenvalue weighted by molar-refractivity contribution is -0.135. The van der Waals surface area contributed by atoms with E-state index in [0.717, 1.165) is 31.5 Å². The van der Waals surface area contributed by atoms with Crippen molar-refractivity contribution in [3.63, 3.8) is 0 Å². The Morgan fingerprint density at radius 1 is 1.45 bits per heavy atom. The maximum Gasteiger partial charge on any atom is 0.260 e.